The van der Waals surface area contributed by atoms with Crippen molar-refractivity contribution in [2.75, 3.05) is 0 Å². The summed E-state index contributed by atoms with van der Waals surface area (Å²) in [5, 5.41) is 1.13. The van der Waals surface area contributed by atoms with Crippen LogP contribution in [-0.2, 0) is 18.3 Å². The van der Waals surface area contributed by atoms with Gasteiger partial charge in [0.25, 0.3) is 5.91 Å². The molecule has 4 heteroatoms. The Morgan fingerprint density at radius 3 is 2.62 bits per heavy atom. The van der Waals surface area contributed by atoms with Crippen LogP contribution in [0.3, 0.4) is 0 Å². The first-order valence-electron chi connectivity index (χ1n) is 7.63. The number of aryl methyl sites for hydroxylation is 2. The zero-order chi connectivity index (χ0) is 15.2. The minimum Gasteiger partial charge on any atom is -0.365 e. The van der Waals surface area contributed by atoms with Gasteiger partial charge < -0.3 is 5.73 Å². The number of hydrogen-bond acceptors (Lipinski definition) is 3. The van der Waals surface area contributed by atoms with Crippen LogP contribution in [0.15, 0.2) is 6.07 Å². The van der Waals surface area contributed by atoms with E-state index in [9.17, 15) is 4.79 Å². The Hall–Kier alpha value is -1.42. The first-order chi connectivity index (χ1) is 9.88. The number of amides is 1. The molecule has 21 heavy (non-hydrogen) atoms. The molecule has 0 aliphatic heterocycles. The smallest absolute Gasteiger partial charge is 0.259 e. The van der Waals surface area contributed by atoms with Gasteiger partial charge in [-0.25, -0.2) is 4.98 Å². The van der Waals surface area contributed by atoms with Gasteiger partial charge in [0, 0.05) is 11.1 Å². The molecule has 0 unspecified atom stereocenters. The van der Waals surface area contributed by atoms with Crippen LogP contribution < -0.4 is 5.73 Å². The fraction of sp³-hybridized carbons (Fsp3) is 0.529. The van der Waals surface area contributed by atoms with E-state index in [1.807, 2.05) is 0 Å². The minimum atomic E-state index is -0.335. The molecule has 0 saturated carbocycles. The number of nitrogens with two attached hydrogens (primary N) is 1. The normalized spacial score (nSPS) is 15.8. The lowest BCUT2D eigenvalue weighted by Gasteiger charge is -2.20. The molecule has 1 aliphatic rings. The van der Waals surface area contributed by atoms with Crippen LogP contribution in [0.4, 0.5) is 0 Å². The molecule has 3 rings (SSSR count). The summed E-state index contributed by atoms with van der Waals surface area (Å²) in [5.41, 5.74) is 9.13. The molecule has 3 nitrogen and oxygen atoms in total. The quantitative estimate of drug-likeness (QED) is 0.811. The number of hydrogen-bond donors (Lipinski definition) is 1. The first kappa shape index (κ1) is 14.5. The Labute approximate surface area is 129 Å². The standard InChI is InChI=1S/C17H22N2OS/c1-17(2,3)13-11-9-10-7-5-4-6-8-12(10)19-16(11)21-14(13)15(18)20/h9H,4-8H2,1-3H3,(H2,18,20). The molecule has 0 bridgehead atoms. The molecular formula is C17H22N2OS. The average molecular weight is 302 g/mol. The third kappa shape index (κ3) is 2.57. The lowest BCUT2D eigenvalue weighted by molar-refractivity contribution is 0.100. The molecule has 2 aromatic heterocycles. The van der Waals surface area contributed by atoms with Gasteiger partial charge in [0.2, 0.25) is 0 Å². The number of primary amides is 1. The maximum Gasteiger partial charge on any atom is 0.259 e. The minimum absolute atomic E-state index is 0.108. The highest BCUT2D eigenvalue weighted by molar-refractivity contribution is 7.20. The molecule has 112 valence electrons. The largest absolute Gasteiger partial charge is 0.365 e. The van der Waals surface area contributed by atoms with Crippen LogP contribution in [0, 0.1) is 0 Å². The van der Waals surface area contributed by atoms with Gasteiger partial charge in [0.15, 0.2) is 0 Å². The van der Waals surface area contributed by atoms with Crippen molar-refractivity contribution in [3.8, 4) is 0 Å². The van der Waals surface area contributed by atoms with Crippen LogP contribution in [0.25, 0.3) is 10.2 Å². The Kier molecular flexibility index (Phi) is 3.52. The third-order valence-corrected chi connectivity index (χ3v) is 5.30. The molecule has 0 spiro atoms. The predicted octanol–water partition coefficient (Wildman–Crippen LogP) is 3.96. The molecule has 2 N–H and O–H groups in total. The van der Waals surface area contributed by atoms with Gasteiger partial charge in [-0.3, -0.25) is 4.79 Å². The second-order valence-corrected chi connectivity index (χ2v) is 7.93. The summed E-state index contributed by atoms with van der Waals surface area (Å²) in [5.74, 6) is -0.335. The monoisotopic (exact) mass is 302 g/mol. The molecule has 2 aromatic rings. The number of thiophene rings is 1. The second kappa shape index (κ2) is 5.09. The number of rotatable bonds is 1. The summed E-state index contributed by atoms with van der Waals surface area (Å²) < 4.78 is 0. The van der Waals surface area contributed by atoms with Crippen LogP contribution in [0.1, 0.15) is 66.5 Å². The van der Waals surface area contributed by atoms with E-state index in [4.69, 9.17) is 10.7 Å². The van der Waals surface area contributed by atoms with Gasteiger partial charge in [-0.05, 0) is 48.3 Å². The molecule has 0 saturated heterocycles. The Balaban J connectivity index is 2.29. The number of nitrogens with zero attached hydrogens (tertiary/aromatic N) is 1. The molecule has 0 fully saturated rings. The second-order valence-electron chi connectivity index (χ2n) is 6.93. The Morgan fingerprint density at radius 1 is 1.24 bits per heavy atom. The molecular weight excluding hydrogens is 280 g/mol. The Bertz CT molecular complexity index is 710. The maximum absolute atomic E-state index is 11.8. The SMILES string of the molecule is CC(C)(C)c1c(C(N)=O)sc2nc3c(cc12)CCCCC3. The van der Waals surface area contributed by atoms with Crippen molar-refractivity contribution in [2.45, 2.75) is 58.3 Å². The fourth-order valence-electron chi connectivity index (χ4n) is 3.24. The van der Waals surface area contributed by atoms with Crippen molar-refractivity contribution in [3.63, 3.8) is 0 Å². The van der Waals surface area contributed by atoms with Crippen LogP contribution in [0.2, 0.25) is 0 Å². The van der Waals surface area contributed by atoms with E-state index in [1.54, 1.807) is 0 Å². The number of pyridine rings is 1. The van der Waals surface area contributed by atoms with Crippen LogP contribution >= 0.6 is 11.3 Å². The summed E-state index contributed by atoms with van der Waals surface area (Å²) in [6, 6.07) is 2.27. The first-order valence-corrected chi connectivity index (χ1v) is 8.45. The Morgan fingerprint density at radius 2 is 1.95 bits per heavy atom. The van der Waals surface area contributed by atoms with E-state index in [0.717, 1.165) is 28.6 Å². The molecule has 1 aliphatic carbocycles. The van der Waals surface area contributed by atoms with E-state index < -0.39 is 0 Å². The highest BCUT2D eigenvalue weighted by Gasteiger charge is 2.27. The van der Waals surface area contributed by atoms with E-state index >= 15 is 0 Å². The van der Waals surface area contributed by atoms with Gasteiger partial charge in [-0.1, -0.05) is 27.2 Å². The van der Waals surface area contributed by atoms with Crippen molar-refractivity contribution in [1.82, 2.24) is 4.98 Å². The van der Waals surface area contributed by atoms with Crippen molar-refractivity contribution in [2.24, 2.45) is 5.73 Å². The van der Waals surface area contributed by atoms with Gasteiger partial charge in [0.1, 0.15) is 4.83 Å². The molecule has 0 aromatic carbocycles. The fourth-order valence-corrected chi connectivity index (χ4v) is 4.48. The molecule has 2 heterocycles. The van der Waals surface area contributed by atoms with Crippen LogP contribution in [0.5, 0.6) is 0 Å². The highest BCUT2D eigenvalue weighted by atomic mass is 32.1. The molecule has 0 radical (unpaired) electrons. The zero-order valence-electron chi connectivity index (χ0n) is 13.0. The summed E-state index contributed by atoms with van der Waals surface area (Å²) >= 11 is 1.45. The van der Waals surface area contributed by atoms with Crippen molar-refractivity contribution >= 4 is 27.5 Å². The van der Waals surface area contributed by atoms with Crippen LogP contribution in [-0.4, -0.2) is 10.9 Å². The van der Waals surface area contributed by atoms with Gasteiger partial charge in [0.05, 0.1) is 4.88 Å². The number of fused-ring (bicyclic) bond motifs is 2. The van der Waals surface area contributed by atoms with E-state index in [2.05, 4.69) is 26.8 Å². The highest BCUT2D eigenvalue weighted by Crippen LogP contribution is 2.39. The lowest BCUT2D eigenvalue weighted by Crippen LogP contribution is -2.19. The lowest BCUT2D eigenvalue weighted by atomic mass is 9.84. The van der Waals surface area contributed by atoms with E-state index in [-0.39, 0.29) is 11.3 Å². The van der Waals surface area contributed by atoms with Crippen molar-refractivity contribution in [3.05, 3.63) is 27.8 Å². The van der Waals surface area contributed by atoms with E-state index in [1.165, 1.54) is 41.9 Å². The van der Waals surface area contributed by atoms with Crippen molar-refractivity contribution < 1.29 is 4.79 Å². The number of carbonyl (C=O) groups is 1. The summed E-state index contributed by atoms with van der Waals surface area (Å²) in [4.78, 5) is 18.3. The van der Waals surface area contributed by atoms with Gasteiger partial charge in [-0.2, -0.15) is 0 Å². The number of carbonyl (C=O) groups excluding carboxylic acids is 1. The molecule has 1 amide bonds. The summed E-state index contributed by atoms with van der Waals surface area (Å²) in [6.07, 6.45) is 5.88. The van der Waals surface area contributed by atoms with Gasteiger partial charge in [-0.15, -0.1) is 11.3 Å². The summed E-state index contributed by atoms with van der Waals surface area (Å²) in [7, 11) is 0. The summed E-state index contributed by atoms with van der Waals surface area (Å²) in [6.45, 7) is 6.39. The zero-order valence-corrected chi connectivity index (χ0v) is 13.8. The average Bonchev–Trinajstić information content (AvgIpc) is 2.61. The maximum atomic E-state index is 11.8. The van der Waals surface area contributed by atoms with Crippen molar-refractivity contribution in [1.29, 1.82) is 0 Å². The predicted molar refractivity (Wildman–Crippen MR) is 88.1 cm³/mol. The molecule has 0 atom stereocenters. The van der Waals surface area contributed by atoms with E-state index in [0.29, 0.717) is 4.88 Å². The topological polar surface area (TPSA) is 56.0 Å². The third-order valence-electron chi connectivity index (χ3n) is 4.18. The number of aromatic nitrogens is 1. The van der Waals surface area contributed by atoms with Gasteiger partial charge >= 0.3 is 0 Å².